The lowest BCUT2D eigenvalue weighted by atomic mass is 10.2. The van der Waals surface area contributed by atoms with Crippen LogP contribution in [0, 0.1) is 10.5 Å². The highest BCUT2D eigenvalue weighted by Gasteiger charge is 2.09. The Hall–Kier alpha value is -0.850. The molecule has 1 aromatic heterocycles. The number of anilines is 1. The number of carbonyl (C=O) groups excluding carboxylic acids is 1. The summed E-state index contributed by atoms with van der Waals surface area (Å²) in [6.45, 7) is 1.89. The fraction of sp³-hybridized carbons (Fsp3) is 0.0769. The summed E-state index contributed by atoms with van der Waals surface area (Å²) in [7, 11) is 0. The van der Waals surface area contributed by atoms with E-state index in [9.17, 15) is 4.79 Å². The van der Waals surface area contributed by atoms with Gasteiger partial charge in [-0.15, -0.1) is 0 Å². The molecule has 0 unspecified atom stereocenters. The predicted molar refractivity (Wildman–Crippen MR) is 86.1 cm³/mol. The first-order valence-corrected chi connectivity index (χ1v) is 7.20. The maximum absolute atomic E-state index is 12.0. The van der Waals surface area contributed by atoms with Gasteiger partial charge in [-0.3, -0.25) is 4.79 Å². The van der Waals surface area contributed by atoms with Crippen molar-refractivity contribution in [1.82, 2.24) is 4.98 Å². The smallest absolute Gasteiger partial charge is 0.256 e. The number of amides is 1. The molecule has 2 rings (SSSR count). The lowest BCUT2D eigenvalue weighted by Gasteiger charge is -2.07. The molecule has 2 aromatic rings. The molecular formula is C13H9Cl2IN2O. The molecule has 0 radical (unpaired) electrons. The lowest BCUT2D eigenvalue weighted by Crippen LogP contribution is -2.13. The van der Waals surface area contributed by atoms with Crippen molar-refractivity contribution < 1.29 is 4.79 Å². The van der Waals surface area contributed by atoms with Crippen LogP contribution in [0.4, 0.5) is 5.82 Å². The summed E-state index contributed by atoms with van der Waals surface area (Å²) in [5.74, 6) is 0.237. The average Bonchev–Trinajstić information content (AvgIpc) is 2.37. The van der Waals surface area contributed by atoms with Crippen molar-refractivity contribution in [2.24, 2.45) is 0 Å². The van der Waals surface area contributed by atoms with Crippen LogP contribution in [-0.4, -0.2) is 10.9 Å². The molecule has 0 bridgehead atoms. The summed E-state index contributed by atoms with van der Waals surface area (Å²) >= 11 is 13.9. The van der Waals surface area contributed by atoms with E-state index in [0.29, 0.717) is 21.4 Å². The van der Waals surface area contributed by atoms with Crippen LogP contribution in [0.5, 0.6) is 0 Å². The number of nitrogens with zero attached hydrogens (tertiary/aromatic N) is 1. The minimum atomic E-state index is -0.272. The van der Waals surface area contributed by atoms with E-state index < -0.39 is 0 Å². The van der Waals surface area contributed by atoms with Gasteiger partial charge in [0.2, 0.25) is 0 Å². The summed E-state index contributed by atoms with van der Waals surface area (Å²) in [6, 6.07) is 8.38. The molecule has 0 spiro atoms. The van der Waals surface area contributed by atoms with Crippen LogP contribution in [-0.2, 0) is 0 Å². The highest BCUT2D eigenvalue weighted by atomic mass is 127. The van der Waals surface area contributed by atoms with Crippen molar-refractivity contribution in [3.63, 3.8) is 0 Å². The van der Waals surface area contributed by atoms with Crippen molar-refractivity contribution in [1.29, 1.82) is 0 Å². The first-order chi connectivity index (χ1) is 8.97. The Morgan fingerprint density at radius 3 is 2.58 bits per heavy atom. The molecule has 0 saturated carbocycles. The van der Waals surface area contributed by atoms with Crippen LogP contribution < -0.4 is 5.32 Å². The van der Waals surface area contributed by atoms with Gasteiger partial charge in [0.05, 0.1) is 15.7 Å². The summed E-state index contributed by atoms with van der Waals surface area (Å²) in [4.78, 5) is 16.3. The van der Waals surface area contributed by atoms with Crippen molar-refractivity contribution in [2.45, 2.75) is 6.92 Å². The first kappa shape index (κ1) is 14.6. The van der Waals surface area contributed by atoms with Gasteiger partial charge in [0.1, 0.15) is 5.82 Å². The number of rotatable bonds is 2. The van der Waals surface area contributed by atoms with Gasteiger partial charge < -0.3 is 5.32 Å². The molecule has 0 aliphatic heterocycles. The number of pyridine rings is 1. The standard InChI is InChI=1S/C13H9Cl2IN2O/c1-7-11(16)4-5-12(17-7)18-13(19)8-2-3-9(14)10(15)6-8/h2-6H,1H3,(H,17,18,19). The van der Waals surface area contributed by atoms with Crippen LogP contribution in [0.2, 0.25) is 10.0 Å². The van der Waals surface area contributed by atoms with Crippen molar-refractivity contribution in [3.05, 3.63) is 55.2 Å². The summed E-state index contributed by atoms with van der Waals surface area (Å²) < 4.78 is 1.05. The zero-order chi connectivity index (χ0) is 14.0. The second-order valence-electron chi connectivity index (χ2n) is 3.85. The topological polar surface area (TPSA) is 42.0 Å². The molecule has 6 heteroatoms. The fourth-order valence-electron chi connectivity index (χ4n) is 1.44. The molecule has 1 N–H and O–H groups in total. The van der Waals surface area contributed by atoms with Gasteiger partial charge in [-0.1, -0.05) is 23.2 Å². The van der Waals surface area contributed by atoms with Gasteiger partial charge in [-0.25, -0.2) is 4.98 Å². The Balaban J connectivity index is 2.20. The number of benzene rings is 1. The quantitative estimate of drug-likeness (QED) is 0.743. The van der Waals surface area contributed by atoms with Gasteiger partial charge in [0.25, 0.3) is 5.91 Å². The SMILES string of the molecule is Cc1nc(NC(=O)c2ccc(Cl)c(Cl)c2)ccc1I. The predicted octanol–water partition coefficient (Wildman–Crippen LogP) is 4.55. The molecule has 98 valence electrons. The van der Waals surface area contributed by atoms with E-state index in [1.165, 1.54) is 6.07 Å². The Bertz CT molecular complexity index is 647. The molecule has 19 heavy (non-hydrogen) atoms. The molecule has 1 aromatic carbocycles. The minimum Gasteiger partial charge on any atom is -0.307 e. The minimum absolute atomic E-state index is 0.272. The number of aromatic nitrogens is 1. The number of hydrogen-bond acceptors (Lipinski definition) is 2. The third kappa shape index (κ3) is 3.58. The van der Waals surface area contributed by atoms with Crippen molar-refractivity contribution >= 4 is 57.5 Å². The highest BCUT2D eigenvalue weighted by molar-refractivity contribution is 14.1. The van der Waals surface area contributed by atoms with Gasteiger partial charge >= 0.3 is 0 Å². The molecule has 0 atom stereocenters. The number of carbonyl (C=O) groups is 1. The Morgan fingerprint density at radius 1 is 1.21 bits per heavy atom. The fourth-order valence-corrected chi connectivity index (χ4v) is 2.04. The third-order valence-electron chi connectivity index (χ3n) is 2.44. The van der Waals surface area contributed by atoms with Crippen LogP contribution in [0.25, 0.3) is 0 Å². The summed E-state index contributed by atoms with van der Waals surface area (Å²) in [5, 5.41) is 3.48. The third-order valence-corrected chi connectivity index (χ3v) is 4.32. The summed E-state index contributed by atoms with van der Waals surface area (Å²) in [5.41, 5.74) is 1.31. The zero-order valence-corrected chi connectivity index (χ0v) is 13.5. The molecule has 1 amide bonds. The number of hydrogen-bond donors (Lipinski definition) is 1. The second-order valence-corrected chi connectivity index (χ2v) is 5.82. The molecule has 0 fully saturated rings. The molecule has 0 aliphatic carbocycles. The van der Waals surface area contributed by atoms with Gasteiger partial charge in [-0.05, 0) is 59.8 Å². The molecule has 3 nitrogen and oxygen atoms in total. The lowest BCUT2D eigenvalue weighted by molar-refractivity contribution is 0.102. The van der Waals surface area contributed by atoms with E-state index in [2.05, 4.69) is 32.9 Å². The average molecular weight is 407 g/mol. The maximum atomic E-state index is 12.0. The number of aryl methyl sites for hydroxylation is 1. The Labute approximate surface area is 134 Å². The molecule has 0 saturated heterocycles. The Morgan fingerprint density at radius 2 is 1.95 bits per heavy atom. The Kier molecular flexibility index (Phi) is 4.65. The van der Waals surface area contributed by atoms with E-state index in [1.807, 2.05) is 13.0 Å². The van der Waals surface area contributed by atoms with E-state index >= 15 is 0 Å². The monoisotopic (exact) mass is 406 g/mol. The highest BCUT2D eigenvalue weighted by Crippen LogP contribution is 2.23. The number of halogens is 3. The van der Waals surface area contributed by atoms with Crippen molar-refractivity contribution in [3.8, 4) is 0 Å². The largest absolute Gasteiger partial charge is 0.307 e. The molecule has 0 aliphatic rings. The number of nitrogens with one attached hydrogen (secondary N) is 1. The van der Waals surface area contributed by atoms with Crippen LogP contribution in [0.15, 0.2) is 30.3 Å². The van der Waals surface area contributed by atoms with Gasteiger partial charge in [0.15, 0.2) is 0 Å². The molecular weight excluding hydrogens is 398 g/mol. The van der Waals surface area contributed by atoms with E-state index in [0.717, 1.165) is 9.26 Å². The van der Waals surface area contributed by atoms with Crippen LogP contribution in [0.3, 0.4) is 0 Å². The normalized spacial score (nSPS) is 10.3. The zero-order valence-electron chi connectivity index (χ0n) is 9.88. The maximum Gasteiger partial charge on any atom is 0.256 e. The first-order valence-electron chi connectivity index (χ1n) is 5.37. The summed E-state index contributed by atoms with van der Waals surface area (Å²) in [6.07, 6.45) is 0. The van der Waals surface area contributed by atoms with Gasteiger partial charge in [0, 0.05) is 9.13 Å². The van der Waals surface area contributed by atoms with E-state index in [1.54, 1.807) is 18.2 Å². The second kappa shape index (κ2) is 6.07. The van der Waals surface area contributed by atoms with Crippen LogP contribution >= 0.6 is 45.8 Å². The van der Waals surface area contributed by atoms with E-state index in [-0.39, 0.29) is 5.91 Å². The molecule has 1 heterocycles. The van der Waals surface area contributed by atoms with Crippen molar-refractivity contribution in [2.75, 3.05) is 5.32 Å². The van der Waals surface area contributed by atoms with Gasteiger partial charge in [-0.2, -0.15) is 0 Å². The van der Waals surface area contributed by atoms with Crippen LogP contribution in [0.1, 0.15) is 16.1 Å². The van der Waals surface area contributed by atoms with E-state index in [4.69, 9.17) is 23.2 Å².